The van der Waals surface area contributed by atoms with Crippen LogP contribution in [0.5, 0.6) is 0 Å². The monoisotopic (exact) mass is 231 g/mol. The fourth-order valence-electron chi connectivity index (χ4n) is 2.02. The van der Waals surface area contributed by atoms with Crippen molar-refractivity contribution in [2.75, 3.05) is 13.1 Å². The van der Waals surface area contributed by atoms with Crippen molar-refractivity contribution >= 4 is 10.9 Å². The first-order valence-corrected chi connectivity index (χ1v) is 6.28. The van der Waals surface area contributed by atoms with E-state index >= 15 is 0 Å². The van der Waals surface area contributed by atoms with Gasteiger partial charge in [0.15, 0.2) is 0 Å². The summed E-state index contributed by atoms with van der Waals surface area (Å²) in [6.45, 7) is 4.05. The lowest BCUT2D eigenvalue weighted by atomic mass is 10.1. The Morgan fingerprint density at radius 2 is 2.12 bits per heavy atom. The van der Waals surface area contributed by atoms with Gasteiger partial charge >= 0.3 is 0 Å². The molecular weight excluding hydrogens is 210 g/mol. The lowest BCUT2D eigenvalue weighted by Crippen LogP contribution is -2.25. The summed E-state index contributed by atoms with van der Waals surface area (Å²) in [4.78, 5) is 3.30. The number of rotatable bonds is 6. The van der Waals surface area contributed by atoms with Crippen LogP contribution in [-0.4, -0.2) is 24.1 Å². The van der Waals surface area contributed by atoms with Crippen LogP contribution in [0, 0.1) is 0 Å². The summed E-state index contributed by atoms with van der Waals surface area (Å²) in [6, 6.07) is 8.72. The van der Waals surface area contributed by atoms with Crippen molar-refractivity contribution in [1.29, 1.82) is 0 Å². The van der Waals surface area contributed by atoms with E-state index in [-0.39, 0.29) is 6.04 Å². The molecule has 4 N–H and O–H groups in total. The molecule has 2 rings (SSSR count). The number of benzene rings is 1. The molecule has 2 aromatic rings. The third kappa shape index (κ3) is 3.32. The minimum absolute atomic E-state index is 0.288. The minimum Gasteiger partial charge on any atom is -0.361 e. The summed E-state index contributed by atoms with van der Waals surface area (Å²) in [5.41, 5.74) is 8.30. The number of hydrogen-bond acceptors (Lipinski definition) is 2. The number of para-hydroxylation sites is 1. The lowest BCUT2D eigenvalue weighted by molar-refractivity contribution is 0.590. The fourth-order valence-corrected chi connectivity index (χ4v) is 2.02. The number of aromatic nitrogens is 1. The van der Waals surface area contributed by atoms with E-state index in [4.69, 9.17) is 5.73 Å². The maximum Gasteiger partial charge on any atom is 0.0456 e. The van der Waals surface area contributed by atoms with E-state index in [1.54, 1.807) is 0 Å². The molecule has 3 heteroatoms. The molecule has 1 unspecified atom stereocenters. The Morgan fingerprint density at radius 1 is 1.29 bits per heavy atom. The van der Waals surface area contributed by atoms with Crippen LogP contribution in [0.3, 0.4) is 0 Å². The summed E-state index contributed by atoms with van der Waals surface area (Å²) < 4.78 is 0. The van der Waals surface area contributed by atoms with Gasteiger partial charge in [-0.2, -0.15) is 0 Å². The van der Waals surface area contributed by atoms with Gasteiger partial charge < -0.3 is 16.0 Å². The van der Waals surface area contributed by atoms with Crippen LogP contribution in [0.25, 0.3) is 10.9 Å². The fraction of sp³-hybridized carbons (Fsp3) is 0.429. The number of H-pyrrole nitrogens is 1. The van der Waals surface area contributed by atoms with E-state index in [2.05, 4.69) is 40.8 Å². The minimum atomic E-state index is 0.288. The Bertz CT molecular complexity index is 459. The quantitative estimate of drug-likeness (QED) is 0.666. The Kier molecular flexibility index (Phi) is 4.18. The van der Waals surface area contributed by atoms with Crippen molar-refractivity contribution in [1.82, 2.24) is 10.3 Å². The second kappa shape index (κ2) is 5.84. The molecule has 0 amide bonds. The van der Waals surface area contributed by atoms with Crippen molar-refractivity contribution in [2.45, 2.75) is 25.8 Å². The molecule has 0 aliphatic rings. The number of aromatic amines is 1. The maximum atomic E-state index is 5.70. The van der Waals surface area contributed by atoms with E-state index in [9.17, 15) is 0 Å². The summed E-state index contributed by atoms with van der Waals surface area (Å²) in [5.74, 6) is 0. The first kappa shape index (κ1) is 12.1. The number of nitrogens with two attached hydrogens (primary N) is 1. The van der Waals surface area contributed by atoms with Crippen molar-refractivity contribution in [3.05, 3.63) is 36.0 Å². The van der Waals surface area contributed by atoms with Crippen LogP contribution >= 0.6 is 0 Å². The van der Waals surface area contributed by atoms with Gasteiger partial charge in [0.05, 0.1) is 0 Å². The zero-order chi connectivity index (χ0) is 12.1. The third-order valence-corrected chi connectivity index (χ3v) is 3.02. The molecule has 0 fully saturated rings. The second-order valence-electron chi connectivity index (χ2n) is 4.63. The molecule has 92 valence electrons. The lowest BCUT2D eigenvalue weighted by Gasteiger charge is -2.06. The summed E-state index contributed by atoms with van der Waals surface area (Å²) in [6.07, 6.45) is 4.20. The van der Waals surface area contributed by atoms with Crippen molar-refractivity contribution < 1.29 is 0 Å². The number of fused-ring (bicyclic) bond motifs is 1. The highest BCUT2D eigenvalue weighted by atomic mass is 14.9. The van der Waals surface area contributed by atoms with E-state index in [0.29, 0.717) is 0 Å². The van der Waals surface area contributed by atoms with Gasteiger partial charge in [-0.25, -0.2) is 0 Å². The molecule has 1 atom stereocenters. The Morgan fingerprint density at radius 3 is 2.94 bits per heavy atom. The van der Waals surface area contributed by atoms with Crippen LogP contribution in [0.15, 0.2) is 30.5 Å². The standard InChI is InChI=1S/C14H21N3/c1-11(15)6-8-16-9-7-12-10-17-14-5-3-2-4-13(12)14/h2-5,10-11,16-17H,6-9,15H2,1H3. The van der Waals surface area contributed by atoms with Gasteiger partial charge in [0.25, 0.3) is 0 Å². The van der Waals surface area contributed by atoms with E-state index in [1.807, 2.05) is 6.92 Å². The third-order valence-electron chi connectivity index (χ3n) is 3.02. The van der Waals surface area contributed by atoms with Crippen molar-refractivity contribution in [3.63, 3.8) is 0 Å². The first-order chi connectivity index (χ1) is 8.27. The van der Waals surface area contributed by atoms with Crippen LogP contribution in [0.4, 0.5) is 0 Å². The van der Waals surface area contributed by atoms with Crippen LogP contribution < -0.4 is 11.1 Å². The SMILES string of the molecule is CC(N)CCNCCc1c[nH]c2ccccc12. The molecule has 0 bridgehead atoms. The predicted molar refractivity (Wildman–Crippen MR) is 73.1 cm³/mol. The molecule has 1 heterocycles. The topological polar surface area (TPSA) is 53.8 Å². The highest BCUT2D eigenvalue weighted by molar-refractivity contribution is 5.83. The van der Waals surface area contributed by atoms with E-state index in [0.717, 1.165) is 25.9 Å². The number of nitrogens with one attached hydrogen (secondary N) is 2. The molecule has 0 aliphatic heterocycles. The Balaban J connectivity index is 1.83. The van der Waals surface area contributed by atoms with Gasteiger partial charge in [-0.05, 0) is 44.5 Å². The molecule has 3 nitrogen and oxygen atoms in total. The Labute approximate surface area is 102 Å². The molecule has 17 heavy (non-hydrogen) atoms. The predicted octanol–water partition coefficient (Wildman–Crippen LogP) is 2.04. The zero-order valence-electron chi connectivity index (χ0n) is 10.4. The first-order valence-electron chi connectivity index (χ1n) is 6.28. The highest BCUT2D eigenvalue weighted by Gasteiger charge is 2.02. The van der Waals surface area contributed by atoms with E-state index < -0.39 is 0 Å². The van der Waals surface area contributed by atoms with Gasteiger partial charge in [-0.3, -0.25) is 0 Å². The molecule has 0 saturated heterocycles. The van der Waals surface area contributed by atoms with Crippen LogP contribution in [-0.2, 0) is 6.42 Å². The number of hydrogen-bond donors (Lipinski definition) is 3. The highest BCUT2D eigenvalue weighted by Crippen LogP contribution is 2.17. The molecule has 0 saturated carbocycles. The van der Waals surface area contributed by atoms with Gasteiger partial charge in [-0.1, -0.05) is 18.2 Å². The molecular formula is C14H21N3. The normalized spacial score (nSPS) is 13.1. The van der Waals surface area contributed by atoms with Gasteiger partial charge in [-0.15, -0.1) is 0 Å². The molecule has 0 radical (unpaired) electrons. The van der Waals surface area contributed by atoms with Crippen LogP contribution in [0.1, 0.15) is 18.9 Å². The summed E-state index contributed by atoms with van der Waals surface area (Å²) in [5, 5.41) is 4.76. The van der Waals surface area contributed by atoms with Crippen molar-refractivity contribution in [3.8, 4) is 0 Å². The summed E-state index contributed by atoms with van der Waals surface area (Å²) in [7, 11) is 0. The van der Waals surface area contributed by atoms with Crippen molar-refractivity contribution in [2.24, 2.45) is 5.73 Å². The molecule has 0 spiro atoms. The molecule has 1 aromatic heterocycles. The van der Waals surface area contributed by atoms with Gasteiger partial charge in [0.1, 0.15) is 0 Å². The van der Waals surface area contributed by atoms with Gasteiger partial charge in [0.2, 0.25) is 0 Å². The average Bonchev–Trinajstić information content (AvgIpc) is 2.72. The zero-order valence-corrected chi connectivity index (χ0v) is 10.4. The van der Waals surface area contributed by atoms with Crippen LogP contribution in [0.2, 0.25) is 0 Å². The smallest absolute Gasteiger partial charge is 0.0456 e. The molecule has 1 aromatic carbocycles. The average molecular weight is 231 g/mol. The largest absolute Gasteiger partial charge is 0.361 e. The van der Waals surface area contributed by atoms with E-state index in [1.165, 1.54) is 16.5 Å². The Hall–Kier alpha value is -1.32. The molecule has 0 aliphatic carbocycles. The maximum absolute atomic E-state index is 5.70. The summed E-state index contributed by atoms with van der Waals surface area (Å²) >= 11 is 0. The second-order valence-corrected chi connectivity index (χ2v) is 4.63. The van der Waals surface area contributed by atoms with Gasteiger partial charge in [0, 0.05) is 23.1 Å².